The Kier molecular flexibility index (Phi) is 6.96. The predicted molar refractivity (Wildman–Crippen MR) is 128 cm³/mol. The first kappa shape index (κ1) is 21.9. The van der Waals surface area contributed by atoms with Crippen molar-refractivity contribution in [1.82, 2.24) is 20.1 Å². The van der Waals surface area contributed by atoms with Crippen LogP contribution in [0.5, 0.6) is 0 Å². The molecule has 1 aliphatic heterocycles. The Morgan fingerprint density at radius 1 is 1.06 bits per heavy atom. The number of carbonyl (C=O) groups excluding carboxylic acids is 1. The van der Waals surface area contributed by atoms with Crippen LogP contribution in [0.25, 0.3) is 10.9 Å². The van der Waals surface area contributed by atoms with Crippen LogP contribution in [-0.4, -0.2) is 66.0 Å². The van der Waals surface area contributed by atoms with Gasteiger partial charge in [0.2, 0.25) is 5.91 Å². The van der Waals surface area contributed by atoms with Crippen LogP contribution in [0.1, 0.15) is 30.9 Å². The molecular weight excluding hydrogens is 408 g/mol. The number of amides is 1. The smallest absolute Gasteiger partial charge is 0.239 e. The van der Waals surface area contributed by atoms with Gasteiger partial charge in [-0.1, -0.05) is 54.9 Å². The fourth-order valence-electron chi connectivity index (χ4n) is 4.47. The number of hydrogen-bond donors (Lipinski definition) is 2. The molecule has 4 rings (SSSR count). The summed E-state index contributed by atoms with van der Waals surface area (Å²) < 4.78 is 0. The van der Waals surface area contributed by atoms with Gasteiger partial charge in [-0.2, -0.15) is 0 Å². The summed E-state index contributed by atoms with van der Waals surface area (Å²) in [5.41, 5.74) is 3.36. The number of rotatable bonds is 7. The number of hydrogen-bond acceptors (Lipinski definition) is 3. The first-order valence-electron chi connectivity index (χ1n) is 11.1. The van der Waals surface area contributed by atoms with Crippen molar-refractivity contribution in [2.45, 2.75) is 25.8 Å². The number of piperazine rings is 1. The number of halogens is 1. The zero-order chi connectivity index (χ0) is 21.8. The predicted octanol–water partition coefficient (Wildman–Crippen LogP) is 4.10. The maximum Gasteiger partial charge on any atom is 0.239 e. The van der Waals surface area contributed by atoms with Crippen LogP contribution in [-0.2, 0) is 4.79 Å². The van der Waals surface area contributed by atoms with Crippen LogP contribution >= 0.6 is 11.6 Å². The molecule has 0 saturated carbocycles. The van der Waals surface area contributed by atoms with Gasteiger partial charge < -0.3 is 20.1 Å². The summed E-state index contributed by atoms with van der Waals surface area (Å²) in [5, 5.41) is 5.44. The lowest BCUT2D eigenvalue weighted by Crippen LogP contribution is -2.53. The fraction of sp³-hybridized carbons (Fsp3) is 0.400. The second kappa shape index (κ2) is 9.86. The largest absolute Gasteiger partial charge is 0.361 e. The van der Waals surface area contributed by atoms with Gasteiger partial charge in [0, 0.05) is 60.8 Å². The average Bonchev–Trinajstić information content (AvgIpc) is 3.24. The average molecular weight is 439 g/mol. The van der Waals surface area contributed by atoms with E-state index in [1.807, 2.05) is 36.1 Å². The van der Waals surface area contributed by atoms with E-state index in [2.05, 4.69) is 52.6 Å². The molecule has 2 N–H and O–H groups in total. The summed E-state index contributed by atoms with van der Waals surface area (Å²) in [4.78, 5) is 20.8. The van der Waals surface area contributed by atoms with Gasteiger partial charge in [0.1, 0.15) is 0 Å². The number of nitrogens with one attached hydrogen (secondary N) is 2. The van der Waals surface area contributed by atoms with Crippen molar-refractivity contribution in [3.8, 4) is 0 Å². The lowest BCUT2D eigenvalue weighted by atomic mass is 9.90. The zero-order valence-corrected chi connectivity index (χ0v) is 19.0. The minimum atomic E-state index is -0.247. The molecule has 1 aliphatic rings. The summed E-state index contributed by atoms with van der Waals surface area (Å²) in [7, 11) is 0. The number of likely N-dealkylation sites (N-methyl/N-ethyl adjacent to an activating group) is 1. The SMILES string of the molecule is CCN1CCN(C(=O)[C@@H](C)NC[C@@H](c2ccccc2Cl)c2c[nH]c3ccccc23)CC1. The van der Waals surface area contributed by atoms with Gasteiger partial charge in [0.25, 0.3) is 0 Å². The minimum absolute atomic E-state index is 0.0389. The molecule has 0 bridgehead atoms. The van der Waals surface area contributed by atoms with E-state index < -0.39 is 0 Å². The van der Waals surface area contributed by atoms with Gasteiger partial charge in [0.05, 0.1) is 6.04 Å². The molecule has 0 aliphatic carbocycles. The van der Waals surface area contributed by atoms with E-state index in [0.29, 0.717) is 6.54 Å². The molecule has 164 valence electrons. The van der Waals surface area contributed by atoms with E-state index in [4.69, 9.17) is 11.6 Å². The highest BCUT2D eigenvalue weighted by atomic mass is 35.5. The number of carbonyl (C=O) groups is 1. The first-order valence-corrected chi connectivity index (χ1v) is 11.5. The Labute approximate surface area is 189 Å². The Hall–Kier alpha value is -2.34. The number of nitrogens with zero attached hydrogens (tertiary/aromatic N) is 2. The monoisotopic (exact) mass is 438 g/mol. The van der Waals surface area contributed by atoms with Gasteiger partial charge in [-0.25, -0.2) is 0 Å². The molecule has 6 heteroatoms. The highest BCUT2D eigenvalue weighted by molar-refractivity contribution is 6.31. The summed E-state index contributed by atoms with van der Waals surface area (Å²) in [5.74, 6) is 0.213. The fourth-order valence-corrected chi connectivity index (χ4v) is 4.74. The lowest BCUT2D eigenvalue weighted by molar-refractivity contribution is -0.134. The molecule has 1 aromatic heterocycles. The van der Waals surface area contributed by atoms with Crippen LogP contribution in [0.4, 0.5) is 0 Å². The number of fused-ring (bicyclic) bond motifs is 1. The normalized spacial score (nSPS) is 17.1. The van der Waals surface area contributed by atoms with Crippen molar-refractivity contribution in [3.63, 3.8) is 0 Å². The van der Waals surface area contributed by atoms with Crippen LogP contribution in [0.2, 0.25) is 5.02 Å². The van der Waals surface area contributed by atoms with E-state index in [0.717, 1.165) is 48.8 Å². The molecule has 0 radical (unpaired) electrons. The third-order valence-electron chi connectivity index (χ3n) is 6.41. The van der Waals surface area contributed by atoms with Gasteiger partial charge in [0.15, 0.2) is 0 Å². The molecule has 0 unspecified atom stereocenters. The highest BCUT2D eigenvalue weighted by Gasteiger charge is 2.26. The van der Waals surface area contributed by atoms with Gasteiger partial charge in [-0.15, -0.1) is 0 Å². The van der Waals surface area contributed by atoms with Crippen molar-refractivity contribution >= 4 is 28.4 Å². The summed E-state index contributed by atoms with van der Waals surface area (Å²) in [6, 6.07) is 16.0. The second-order valence-electron chi connectivity index (χ2n) is 8.25. The number of aromatic amines is 1. The van der Waals surface area contributed by atoms with Crippen molar-refractivity contribution in [3.05, 3.63) is 70.9 Å². The quantitative estimate of drug-likeness (QED) is 0.584. The third-order valence-corrected chi connectivity index (χ3v) is 6.75. The van der Waals surface area contributed by atoms with Crippen molar-refractivity contribution in [1.29, 1.82) is 0 Å². The van der Waals surface area contributed by atoms with Crippen LogP contribution < -0.4 is 5.32 Å². The Balaban J connectivity index is 1.52. The first-order chi connectivity index (χ1) is 15.1. The molecule has 1 saturated heterocycles. The second-order valence-corrected chi connectivity index (χ2v) is 8.66. The van der Waals surface area contributed by atoms with Crippen LogP contribution in [0.3, 0.4) is 0 Å². The molecule has 31 heavy (non-hydrogen) atoms. The molecule has 2 aromatic carbocycles. The summed E-state index contributed by atoms with van der Waals surface area (Å²) >= 11 is 6.60. The molecule has 3 aromatic rings. The lowest BCUT2D eigenvalue weighted by Gasteiger charge is -2.35. The van der Waals surface area contributed by atoms with Crippen molar-refractivity contribution < 1.29 is 4.79 Å². The van der Waals surface area contributed by atoms with Crippen LogP contribution in [0.15, 0.2) is 54.7 Å². The molecular formula is C25H31ClN4O. The van der Waals surface area contributed by atoms with Crippen molar-refractivity contribution in [2.24, 2.45) is 0 Å². The topological polar surface area (TPSA) is 51.4 Å². The minimum Gasteiger partial charge on any atom is -0.361 e. The van der Waals surface area contributed by atoms with Crippen LogP contribution in [0, 0.1) is 0 Å². The molecule has 1 amide bonds. The molecule has 2 atom stereocenters. The van der Waals surface area contributed by atoms with Gasteiger partial charge in [-0.3, -0.25) is 4.79 Å². The number of H-pyrrole nitrogens is 1. The maximum absolute atomic E-state index is 13.0. The van der Waals surface area contributed by atoms with E-state index in [-0.39, 0.29) is 17.9 Å². The van der Waals surface area contributed by atoms with E-state index in [1.54, 1.807) is 0 Å². The zero-order valence-electron chi connectivity index (χ0n) is 18.3. The van der Waals surface area contributed by atoms with Gasteiger partial charge in [-0.05, 0) is 36.7 Å². The third kappa shape index (κ3) is 4.79. The number of aromatic nitrogens is 1. The summed E-state index contributed by atoms with van der Waals surface area (Å²) in [6.45, 7) is 9.31. The molecule has 2 heterocycles. The van der Waals surface area contributed by atoms with Gasteiger partial charge >= 0.3 is 0 Å². The molecule has 5 nitrogen and oxygen atoms in total. The Bertz CT molecular complexity index is 1030. The van der Waals surface area contributed by atoms with E-state index in [1.165, 1.54) is 10.9 Å². The maximum atomic E-state index is 13.0. The Morgan fingerprint density at radius 2 is 1.77 bits per heavy atom. The summed E-state index contributed by atoms with van der Waals surface area (Å²) in [6.07, 6.45) is 2.07. The van der Waals surface area contributed by atoms with Crippen molar-refractivity contribution in [2.75, 3.05) is 39.3 Å². The molecule has 0 spiro atoms. The Morgan fingerprint density at radius 3 is 2.52 bits per heavy atom. The molecule has 1 fully saturated rings. The number of para-hydroxylation sites is 1. The van der Waals surface area contributed by atoms with E-state index >= 15 is 0 Å². The van der Waals surface area contributed by atoms with E-state index in [9.17, 15) is 4.79 Å². The highest BCUT2D eigenvalue weighted by Crippen LogP contribution is 2.34. The standard InChI is InChI=1S/C25H31ClN4O/c1-3-29-12-14-30(15-13-29)25(31)18(2)27-16-21(19-8-4-6-10-23(19)26)22-17-28-24-11-7-5-9-20(22)24/h4-11,17-18,21,27-28H,3,12-16H2,1-2H3/t18-,21+/m1/s1. The number of benzene rings is 2.